The van der Waals surface area contributed by atoms with Gasteiger partial charge in [-0.1, -0.05) is 22.9 Å². The maximum Gasteiger partial charge on any atom is 0.308 e. The number of hydrogen-bond acceptors (Lipinski definition) is 7. The average Bonchev–Trinajstić information content (AvgIpc) is 3.31. The van der Waals surface area contributed by atoms with Gasteiger partial charge in [-0.05, 0) is 43.4 Å². The van der Waals surface area contributed by atoms with Crippen LogP contribution in [-0.4, -0.2) is 52.2 Å². The third-order valence-electron chi connectivity index (χ3n) is 6.60. The molecule has 1 aliphatic rings. The van der Waals surface area contributed by atoms with E-state index in [1.54, 1.807) is 6.92 Å². The lowest BCUT2D eigenvalue weighted by atomic mass is 10.1. The Morgan fingerprint density at radius 2 is 2.05 bits per heavy atom. The van der Waals surface area contributed by atoms with Crippen molar-refractivity contribution in [1.82, 2.24) is 39.1 Å². The molecule has 1 amide bonds. The first-order valence-corrected chi connectivity index (χ1v) is 12.9. The van der Waals surface area contributed by atoms with E-state index in [1.165, 1.54) is 52.3 Å². The first-order chi connectivity index (χ1) is 18.9. The number of carbonyl (C=O) groups is 2. The fraction of sp³-hybridized carbons (Fsp3) is 0.308. The van der Waals surface area contributed by atoms with Crippen LogP contribution < -0.4 is 5.32 Å². The number of nitrogens with zero attached hydrogens (tertiary/aromatic N) is 7. The van der Waals surface area contributed by atoms with Crippen LogP contribution in [0.5, 0.6) is 0 Å². The van der Waals surface area contributed by atoms with Gasteiger partial charge in [-0.25, -0.2) is 19.0 Å². The smallest absolute Gasteiger partial charge is 0.308 e. The highest BCUT2D eigenvalue weighted by molar-refractivity contribution is 6.31. The van der Waals surface area contributed by atoms with E-state index in [1.807, 2.05) is 16.7 Å². The van der Waals surface area contributed by atoms with Crippen LogP contribution in [0.25, 0.3) is 11.2 Å². The summed E-state index contributed by atoms with van der Waals surface area (Å²) >= 11 is 5.97. The molecule has 0 saturated heterocycles. The fourth-order valence-electron chi connectivity index (χ4n) is 4.58. The van der Waals surface area contributed by atoms with Crippen LogP contribution in [0.3, 0.4) is 0 Å². The number of rotatable bonds is 9. The van der Waals surface area contributed by atoms with E-state index >= 15 is 0 Å². The highest BCUT2D eigenvalue weighted by Gasteiger charge is 2.27. The maximum absolute atomic E-state index is 14.9. The Balaban J connectivity index is 1.22. The minimum Gasteiger partial charge on any atom is -0.466 e. The normalized spacial score (nSPS) is 14.1. The van der Waals surface area contributed by atoms with Crippen LogP contribution in [0.4, 0.5) is 4.39 Å². The highest BCUT2D eigenvalue weighted by Crippen LogP contribution is 2.39. The molecule has 1 N–H and O–H groups in total. The molecular weight excluding hydrogens is 527 g/mol. The minimum atomic E-state index is -1.00. The highest BCUT2D eigenvalue weighted by atomic mass is 35.5. The molecule has 5 aromatic rings. The number of esters is 1. The van der Waals surface area contributed by atoms with Gasteiger partial charge in [-0.3, -0.25) is 9.59 Å². The number of fused-ring (bicyclic) bond motifs is 2. The number of halogens is 2. The van der Waals surface area contributed by atoms with E-state index in [-0.39, 0.29) is 35.0 Å². The Bertz CT molecular complexity index is 1710. The van der Waals surface area contributed by atoms with Crippen molar-refractivity contribution >= 4 is 34.6 Å². The summed E-state index contributed by atoms with van der Waals surface area (Å²) in [6.07, 6.45) is 10.6. The number of aromatic nitrogens is 7. The number of amides is 1. The predicted molar refractivity (Wildman–Crippen MR) is 138 cm³/mol. The van der Waals surface area contributed by atoms with Gasteiger partial charge in [0.25, 0.3) is 5.91 Å². The summed E-state index contributed by atoms with van der Waals surface area (Å²) < 4.78 is 24.9. The first-order valence-electron chi connectivity index (χ1n) is 12.5. The van der Waals surface area contributed by atoms with Crippen molar-refractivity contribution in [2.75, 3.05) is 6.61 Å². The second-order valence-electron chi connectivity index (χ2n) is 9.43. The van der Waals surface area contributed by atoms with E-state index < -0.39 is 23.7 Å². The zero-order valence-corrected chi connectivity index (χ0v) is 21.7. The Labute approximate surface area is 226 Å². The second-order valence-corrected chi connectivity index (χ2v) is 9.84. The van der Waals surface area contributed by atoms with E-state index in [0.29, 0.717) is 12.5 Å². The zero-order valence-electron chi connectivity index (χ0n) is 20.9. The fourth-order valence-corrected chi connectivity index (χ4v) is 4.72. The third kappa shape index (κ3) is 5.07. The van der Waals surface area contributed by atoms with E-state index in [0.717, 1.165) is 11.3 Å². The molecule has 13 heteroatoms. The molecule has 0 aliphatic heterocycles. The lowest BCUT2D eigenvalue weighted by molar-refractivity contribution is -0.143. The summed E-state index contributed by atoms with van der Waals surface area (Å²) in [4.78, 5) is 34.3. The molecule has 5 heterocycles. The van der Waals surface area contributed by atoms with Crippen molar-refractivity contribution in [2.24, 2.45) is 0 Å². The van der Waals surface area contributed by atoms with Gasteiger partial charge in [0.1, 0.15) is 11.2 Å². The van der Waals surface area contributed by atoms with Crippen molar-refractivity contribution in [3.63, 3.8) is 0 Å². The topological polar surface area (TPSA) is 121 Å². The van der Waals surface area contributed by atoms with E-state index in [2.05, 4.69) is 37.9 Å². The van der Waals surface area contributed by atoms with Crippen molar-refractivity contribution in [2.45, 2.75) is 44.7 Å². The SMILES string of the molecule is CCOC(=O)CC(NC(=O)c1cn(Cc2cn3cc(C4CC4)ccc3n2)nn1)c1ncn2ccc(Cl)c(F)c12. The molecule has 1 saturated carbocycles. The van der Waals surface area contributed by atoms with Gasteiger partial charge in [0.15, 0.2) is 11.5 Å². The third-order valence-corrected chi connectivity index (χ3v) is 6.89. The molecule has 0 spiro atoms. The van der Waals surface area contributed by atoms with Gasteiger partial charge in [0, 0.05) is 18.6 Å². The van der Waals surface area contributed by atoms with Gasteiger partial charge in [-0.15, -0.1) is 5.10 Å². The van der Waals surface area contributed by atoms with Crippen LogP contribution in [0.2, 0.25) is 5.02 Å². The van der Waals surface area contributed by atoms with Gasteiger partial charge >= 0.3 is 5.97 Å². The Morgan fingerprint density at radius 1 is 1.21 bits per heavy atom. The summed E-state index contributed by atoms with van der Waals surface area (Å²) in [7, 11) is 0. The van der Waals surface area contributed by atoms with Crippen LogP contribution in [0.1, 0.15) is 65.6 Å². The summed E-state index contributed by atoms with van der Waals surface area (Å²) in [6, 6.07) is 4.49. The molecule has 1 atom stereocenters. The number of imidazole rings is 2. The Hall–Kier alpha value is -4.32. The van der Waals surface area contributed by atoms with Gasteiger partial charge in [0.2, 0.25) is 0 Å². The number of hydrogen-bond donors (Lipinski definition) is 1. The molecule has 0 radical (unpaired) electrons. The Kier molecular flexibility index (Phi) is 6.47. The van der Waals surface area contributed by atoms with Crippen molar-refractivity contribution in [3.05, 3.63) is 82.8 Å². The standard InChI is InChI=1S/C26H24ClFN8O3/c1-2-39-22(37)9-19(24-25-23(28)18(27)7-8-34(25)14-29-24)31-26(38)20-13-36(33-32-20)12-17-11-35-10-16(15-3-4-15)5-6-21(35)30-17/h5-8,10-11,13-15,19H,2-4,9,12H2,1H3,(H,31,38). The van der Waals surface area contributed by atoms with Crippen molar-refractivity contribution in [1.29, 1.82) is 0 Å². The van der Waals surface area contributed by atoms with E-state index in [4.69, 9.17) is 16.3 Å². The molecule has 1 fully saturated rings. The average molecular weight is 551 g/mol. The van der Waals surface area contributed by atoms with Crippen molar-refractivity contribution < 1.29 is 18.7 Å². The number of ether oxygens (including phenoxy) is 1. The van der Waals surface area contributed by atoms with Crippen molar-refractivity contribution in [3.8, 4) is 0 Å². The monoisotopic (exact) mass is 550 g/mol. The molecular formula is C26H24ClFN8O3. The molecule has 200 valence electrons. The number of nitrogens with one attached hydrogen (secondary N) is 1. The van der Waals surface area contributed by atoms with Gasteiger partial charge < -0.3 is 18.9 Å². The van der Waals surface area contributed by atoms with Crippen LogP contribution in [0, 0.1) is 5.82 Å². The molecule has 5 aromatic heterocycles. The van der Waals surface area contributed by atoms with Gasteiger partial charge in [-0.2, -0.15) is 0 Å². The lowest BCUT2D eigenvalue weighted by Gasteiger charge is -2.16. The molecule has 1 unspecified atom stereocenters. The molecule has 39 heavy (non-hydrogen) atoms. The summed E-state index contributed by atoms with van der Waals surface area (Å²) in [5, 5.41) is 10.7. The zero-order chi connectivity index (χ0) is 27.1. The summed E-state index contributed by atoms with van der Waals surface area (Å²) in [6.45, 7) is 2.13. The van der Waals surface area contributed by atoms with Gasteiger partial charge in [0.05, 0.1) is 54.5 Å². The lowest BCUT2D eigenvalue weighted by Crippen LogP contribution is -2.31. The van der Waals surface area contributed by atoms with Crippen LogP contribution >= 0.6 is 11.6 Å². The predicted octanol–water partition coefficient (Wildman–Crippen LogP) is 3.72. The molecule has 6 rings (SSSR count). The molecule has 0 bridgehead atoms. The molecule has 11 nitrogen and oxygen atoms in total. The van der Waals surface area contributed by atoms with E-state index in [9.17, 15) is 14.0 Å². The second kappa shape index (κ2) is 10.1. The quantitative estimate of drug-likeness (QED) is 0.278. The molecule has 1 aliphatic carbocycles. The number of pyridine rings is 2. The van der Waals surface area contributed by atoms with Crippen LogP contribution in [0.15, 0.2) is 49.3 Å². The number of carbonyl (C=O) groups excluding carboxylic acids is 2. The largest absolute Gasteiger partial charge is 0.466 e. The first kappa shape index (κ1) is 25.0. The minimum absolute atomic E-state index is 0.0191. The summed E-state index contributed by atoms with van der Waals surface area (Å²) in [5.74, 6) is -1.26. The van der Waals surface area contributed by atoms with Crippen LogP contribution in [-0.2, 0) is 16.1 Å². The molecule has 0 aromatic carbocycles. The maximum atomic E-state index is 14.9. The Morgan fingerprint density at radius 3 is 2.85 bits per heavy atom. The summed E-state index contributed by atoms with van der Waals surface area (Å²) in [5.41, 5.74) is 3.10.